The van der Waals surface area contributed by atoms with Gasteiger partial charge in [-0.15, -0.1) is 0 Å². The van der Waals surface area contributed by atoms with Crippen LogP contribution in [0, 0.1) is 11.7 Å². The lowest BCUT2D eigenvalue weighted by Gasteiger charge is -2.45. The van der Waals surface area contributed by atoms with Crippen molar-refractivity contribution in [1.82, 2.24) is 9.88 Å². The Morgan fingerprint density at radius 1 is 1.27 bits per heavy atom. The molecule has 3 aromatic rings. The van der Waals surface area contributed by atoms with E-state index in [-0.39, 0.29) is 11.6 Å². The fourth-order valence-electron chi connectivity index (χ4n) is 5.65. The van der Waals surface area contributed by atoms with Crippen LogP contribution >= 0.6 is 0 Å². The van der Waals surface area contributed by atoms with Crippen LogP contribution in [0.25, 0.3) is 10.9 Å². The maximum absolute atomic E-state index is 12.2. The van der Waals surface area contributed by atoms with Gasteiger partial charge in [-0.2, -0.15) is 0 Å². The molecule has 2 saturated heterocycles. The van der Waals surface area contributed by atoms with Gasteiger partial charge in [-0.3, -0.25) is 4.90 Å². The van der Waals surface area contributed by atoms with Crippen molar-refractivity contribution in [3.05, 3.63) is 59.3 Å². The summed E-state index contributed by atoms with van der Waals surface area (Å²) in [5.74, 6) is 0.922. The number of aromatic nitrogens is 1. The molecule has 2 aromatic carbocycles. The molecule has 2 aliphatic rings. The van der Waals surface area contributed by atoms with Gasteiger partial charge in [0.2, 0.25) is 0 Å². The summed E-state index contributed by atoms with van der Waals surface area (Å²) in [7, 11) is -0.980. The van der Waals surface area contributed by atoms with Crippen molar-refractivity contribution in [3.8, 4) is 5.75 Å². The monoisotopic (exact) mass is 467 g/mol. The van der Waals surface area contributed by atoms with E-state index in [9.17, 15) is 4.21 Å². The second-order valence-electron chi connectivity index (χ2n) is 9.63. The van der Waals surface area contributed by atoms with Gasteiger partial charge < -0.3 is 14.5 Å². The van der Waals surface area contributed by atoms with Crippen LogP contribution in [0.15, 0.2) is 47.5 Å². The third-order valence-corrected chi connectivity index (χ3v) is 8.62. The van der Waals surface area contributed by atoms with E-state index in [1.54, 1.807) is 7.11 Å². The molecule has 3 heterocycles. The number of aryl methyl sites for hydroxylation is 1. The van der Waals surface area contributed by atoms with E-state index >= 15 is 0 Å². The molecule has 0 aliphatic carbocycles. The van der Waals surface area contributed by atoms with Gasteiger partial charge >= 0.3 is 0 Å². The van der Waals surface area contributed by atoms with E-state index in [4.69, 9.17) is 14.3 Å². The number of hydrogen-bond acceptors (Lipinski definition) is 5. The maximum Gasteiger partial charge on any atom is 0.124 e. The summed E-state index contributed by atoms with van der Waals surface area (Å²) in [5.41, 5.74) is 4.68. The molecule has 7 heteroatoms. The molecule has 6 nitrogen and oxygen atoms in total. The van der Waals surface area contributed by atoms with Crippen molar-refractivity contribution in [3.63, 3.8) is 0 Å². The quantitative estimate of drug-likeness (QED) is 0.526. The highest BCUT2D eigenvalue weighted by atomic mass is 32.2. The number of hydrogen-bond donors (Lipinski definition) is 2. The second kappa shape index (κ2) is 8.46. The Morgan fingerprint density at radius 2 is 2.06 bits per heavy atom. The molecule has 2 aliphatic heterocycles. The number of benzene rings is 2. The molecule has 2 fully saturated rings. The number of nitrogens with one attached hydrogen (secondary N) is 2. The first kappa shape index (κ1) is 22.4. The van der Waals surface area contributed by atoms with Crippen molar-refractivity contribution in [2.45, 2.75) is 55.7 Å². The lowest BCUT2D eigenvalue weighted by atomic mass is 9.81. The van der Waals surface area contributed by atoms with E-state index in [1.165, 1.54) is 28.3 Å². The molecule has 176 valence electrons. The van der Waals surface area contributed by atoms with Crippen molar-refractivity contribution >= 4 is 20.6 Å². The van der Waals surface area contributed by atoms with Crippen molar-refractivity contribution in [2.75, 3.05) is 26.5 Å². The minimum absolute atomic E-state index is 0.0473. The van der Waals surface area contributed by atoms with Crippen molar-refractivity contribution in [2.24, 2.45) is 0 Å². The maximum atomic E-state index is 12.2. The van der Waals surface area contributed by atoms with Gasteiger partial charge in [-0.05, 0) is 68.0 Å². The van der Waals surface area contributed by atoms with E-state index in [2.05, 4.69) is 41.1 Å². The highest BCUT2D eigenvalue weighted by molar-refractivity contribution is 7.91. The smallest absolute Gasteiger partial charge is 0.124 e. The number of aromatic amines is 1. The number of methoxy groups -OCH3 is 1. The number of rotatable bonds is 5. The second-order valence-corrected chi connectivity index (χ2v) is 11.8. The highest BCUT2D eigenvalue weighted by Crippen LogP contribution is 2.45. The molecule has 1 spiro atoms. The zero-order chi connectivity index (χ0) is 23.2. The summed E-state index contributed by atoms with van der Waals surface area (Å²) in [6.45, 7) is 4.68. The molecule has 0 bridgehead atoms. The molecular weight excluding hydrogens is 434 g/mol. The van der Waals surface area contributed by atoms with Gasteiger partial charge in [0, 0.05) is 59.6 Å². The Labute approximate surface area is 196 Å². The third kappa shape index (κ3) is 4.18. The number of likely N-dealkylation sites (tertiary alicyclic amines) is 1. The average Bonchev–Trinajstić information content (AvgIpc) is 3.47. The minimum atomic E-state index is -2.72. The zero-order valence-corrected chi connectivity index (χ0v) is 20.5. The molecule has 33 heavy (non-hydrogen) atoms. The third-order valence-electron chi connectivity index (χ3n) is 7.45. The first-order chi connectivity index (χ1) is 15.8. The van der Waals surface area contributed by atoms with Gasteiger partial charge in [0.05, 0.1) is 22.4 Å². The number of nitrogens with zero attached hydrogens (tertiary/aromatic N) is 1. The van der Waals surface area contributed by atoms with Gasteiger partial charge in [-0.25, -0.2) is 8.99 Å². The molecule has 5 rings (SSSR count). The number of H-pyrrole nitrogens is 1. The molecule has 2 unspecified atom stereocenters. The van der Waals surface area contributed by atoms with Gasteiger partial charge in [0.1, 0.15) is 5.75 Å². The van der Waals surface area contributed by atoms with Crippen LogP contribution in [-0.2, 0) is 21.0 Å². The zero-order valence-electron chi connectivity index (χ0n) is 19.6. The Hall–Kier alpha value is -2.35. The first-order valence-corrected chi connectivity index (χ1v) is 13.6. The summed E-state index contributed by atoms with van der Waals surface area (Å²) in [4.78, 5) is 6.49. The Morgan fingerprint density at radius 3 is 2.73 bits per heavy atom. The van der Waals surface area contributed by atoms with Gasteiger partial charge in [-0.1, -0.05) is 12.1 Å². The average molecular weight is 468 g/mol. The standard InChI is InChI=1S/C26H33N3O3S/c1-18-15-24(31-2)22(21-9-12-28-25(18)21)17-29-13-11-26(10-4-14-32-26)16-23(29)19-5-7-20(8-6-19)33(3,27)30/h5-9,12,15,23,27-28H,4,10-11,13-14,16-17H2,1-3H3/t23-,26?,33?/m0/s1. The lowest BCUT2D eigenvalue weighted by molar-refractivity contribution is -0.0676. The molecule has 1 aromatic heterocycles. The van der Waals surface area contributed by atoms with E-state index < -0.39 is 9.73 Å². The van der Waals surface area contributed by atoms with Crippen LogP contribution in [0.4, 0.5) is 0 Å². The summed E-state index contributed by atoms with van der Waals surface area (Å²) in [6.07, 6.45) is 7.68. The highest BCUT2D eigenvalue weighted by Gasteiger charge is 2.43. The fourth-order valence-corrected chi connectivity index (χ4v) is 6.31. The summed E-state index contributed by atoms with van der Waals surface area (Å²) in [6, 6.07) is 12.3. The Kier molecular flexibility index (Phi) is 5.75. The molecule has 3 atom stereocenters. The van der Waals surface area contributed by atoms with E-state index in [0.717, 1.165) is 56.6 Å². The molecule has 0 amide bonds. The Balaban J connectivity index is 1.53. The number of fused-ring (bicyclic) bond motifs is 1. The summed E-state index contributed by atoms with van der Waals surface area (Å²) < 4.78 is 32.2. The SMILES string of the molecule is COc1cc(C)c2[nH]ccc2c1CN1CCC2(CCCO2)C[C@H]1c1ccc(S(C)(=N)=O)cc1. The largest absolute Gasteiger partial charge is 0.496 e. The molecule has 0 saturated carbocycles. The predicted molar refractivity (Wildman–Crippen MR) is 131 cm³/mol. The number of piperidine rings is 1. The van der Waals surface area contributed by atoms with Crippen LogP contribution in [0.1, 0.15) is 48.4 Å². The van der Waals surface area contributed by atoms with Crippen LogP contribution < -0.4 is 4.74 Å². The van der Waals surface area contributed by atoms with Crippen molar-refractivity contribution < 1.29 is 13.7 Å². The first-order valence-electron chi connectivity index (χ1n) is 11.6. The normalized spacial score (nSPS) is 25.5. The predicted octanol–water partition coefficient (Wildman–Crippen LogP) is 5.41. The minimum Gasteiger partial charge on any atom is -0.496 e. The van der Waals surface area contributed by atoms with Crippen molar-refractivity contribution in [1.29, 1.82) is 4.78 Å². The lowest BCUT2D eigenvalue weighted by Crippen LogP contribution is -2.45. The topological polar surface area (TPSA) is 78.4 Å². The summed E-state index contributed by atoms with van der Waals surface area (Å²) in [5, 5.41) is 1.21. The van der Waals surface area contributed by atoms with E-state index in [1.807, 2.05) is 18.3 Å². The molecular formula is C26H33N3O3S. The fraction of sp³-hybridized carbons (Fsp3) is 0.462. The van der Waals surface area contributed by atoms with E-state index in [0.29, 0.717) is 4.90 Å². The summed E-state index contributed by atoms with van der Waals surface area (Å²) >= 11 is 0. The molecule has 0 radical (unpaired) electrons. The Bertz CT molecular complexity index is 1260. The van der Waals surface area contributed by atoms with Crippen LogP contribution in [0.2, 0.25) is 0 Å². The van der Waals surface area contributed by atoms with Crippen LogP contribution in [-0.4, -0.2) is 46.2 Å². The van der Waals surface area contributed by atoms with Gasteiger partial charge in [0.25, 0.3) is 0 Å². The van der Waals surface area contributed by atoms with Gasteiger partial charge in [0.15, 0.2) is 0 Å². The van der Waals surface area contributed by atoms with Crippen LogP contribution in [0.5, 0.6) is 5.75 Å². The van der Waals surface area contributed by atoms with Crippen LogP contribution in [0.3, 0.4) is 0 Å². The number of ether oxygens (including phenoxy) is 2. The molecule has 2 N–H and O–H groups in total.